The minimum absolute atomic E-state index is 0.469. The second-order valence-corrected chi connectivity index (χ2v) is 5.91. The van der Waals surface area contributed by atoms with E-state index in [0.29, 0.717) is 11.9 Å². The lowest BCUT2D eigenvalue weighted by Gasteiger charge is -2.09. The molecule has 0 aliphatic carbocycles. The highest BCUT2D eigenvalue weighted by Crippen LogP contribution is 2.25. The molecule has 1 aromatic heterocycles. The molecule has 1 heterocycles. The van der Waals surface area contributed by atoms with E-state index >= 15 is 0 Å². The van der Waals surface area contributed by atoms with Crippen molar-refractivity contribution in [2.45, 2.75) is 33.4 Å². The van der Waals surface area contributed by atoms with E-state index in [2.05, 4.69) is 40.1 Å². The number of nitrogens with one attached hydrogen (secondary N) is 1. The Morgan fingerprint density at radius 2 is 2.05 bits per heavy atom. The fourth-order valence-corrected chi connectivity index (χ4v) is 1.95. The van der Waals surface area contributed by atoms with E-state index in [9.17, 15) is 0 Å². The quantitative estimate of drug-likeness (QED) is 0.877. The lowest BCUT2D eigenvalue weighted by atomic mass is 10.2. The van der Waals surface area contributed by atoms with Crippen LogP contribution in [0.1, 0.15) is 25.0 Å². The van der Waals surface area contributed by atoms with Gasteiger partial charge in [-0.2, -0.15) is 0 Å². The number of aryl methyl sites for hydroxylation is 1. The predicted octanol–water partition coefficient (Wildman–Crippen LogP) is 4.44. The van der Waals surface area contributed by atoms with Gasteiger partial charge in [-0.25, -0.2) is 4.98 Å². The van der Waals surface area contributed by atoms with Gasteiger partial charge in [0.25, 0.3) is 0 Å². The Morgan fingerprint density at radius 3 is 2.65 bits per heavy atom. The molecule has 3 nitrogen and oxygen atoms in total. The van der Waals surface area contributed by atoms with E-state index in [1.54, 1.807) is 0 Å². The average Bonchev–Trinajstić information content (AvgIpc) is 2.42. The molecule has 0 bridgehead atoms. The van der Waals surface area contributed by atoms with Gasteiger partial charge >= 0.3 is 0 Å². The first kappa shape index (κ1) is 15.0. The summed E-state index contributed by atoms with van der Waals surface area (Å²) in [5.41, 5.74) is 2.29. The van der Waals surface area contributed by atoms with Crippen LogP contribution in [0.5, 0.6) is 11.6 Å². The first-order valence-corrected chi connectivity index (χ1v) is 7.46. The van der Waals surface area contributed by atoms with Crippen LogP contribution >= 0.6 is 15.9 Å². The van der Waals surface area contributed by atoms with Crippen LogP contribution in [0.4, 0.5) is 0 Å². The summed E-state index contributed by atoms with van der Waals surface area (Å²) in [7, 11) is 0. The maximum absolute atomic E-state index is 5.74. The molecular formula is C16H19BrN2O. The van der Waals surface area contributed by atoms with E-state index in [1.807, 2.05) is 43.5 Å². The largest absolute Gasteiger partial charge is 0.439 e. The van der Waals surface area contributed by atoms with E-state index in [1.165, 1.54) is 0 Å². The summed E-state index contributed by atoms with van der Waals surface area (Å²) in [4.78, 5) is 4.33. The van der Waals surface area contributed by atoms with Crippen LogP contribution in [-0.4, -0.2) is 11.0 Å². The van der Waals surface area contributed by atoms with Crippen molar-refractivity contribution in [2.24, 2.45) is 0 Å². The maximum atomic E-state index is 5.74. The van der Waals surface area contributed by atoms with Crippen LogP contribution in [0, 0.1) is 6.92 Å². The molecule has 106 valence electrons. The fourth-order valence-electron chi connectivity index (χ4n) is 1.70. The summed E-state index contributed by atoms with van der Waals surface area (Å²) in [5.74, 6) is 1.41. The predicted molar refractivity (Wildman–Crippen MR) is 85.2 cm³/mol. The topological polar surface area (TPSA) is 34.1 Å². The summed E-state index contributed by atoms with van der Waals surface area (Å²) >= 11 is 3.48. The number of aromatic nitrogens is 1. The van der Waals surface area contributed by atoms with Gasteiger partial charge in [-0.05, 0) is 36.2 Å². The lowest BCUT2D eigenvalue weighted by Crippen LogP contribution is -2.21. The van der Waals surface area contributed by atoms with E-state index in [-0.39, 0.29) is 0 Å². The third-order valence-electron chi connectivity index (χ3n) is 2.86. The van der Waals surface area contributed by atoms with Crippen LogP contribution in [0.25, 0.3) is 0 Å². The molecule has 1 aromatic carbocycles. The minimum atomic E-state index is 0.469. The van der Waals surface area contributed by atoms with Crippen molar-refractivity contribution in [3.05, 3.63) is 52.1 Å². The third kappa shape index (κ3) is 4.32. The molecule has 0 aliphatic rings. The molecule has 2 aromatic rings. The second-order valence-electron chi connectivity index (χ2n) is 5.05. The number of hydrogen-bond donors (Lipinski definition) is 1. The molecule has 2 rings (SSSR count). The molecule has 1 N–H and O–H groups in total. The molecule has 0 aliphatic heterocycles. The molecule has 0 amide bonds. The van der Waals surface area contributed by atoms with Gasteiger partial charge in [-0.3, -0.25) is 0 Å². The van der Waals surface area contributed by atoms with Crippen LogP contribution in [0.15, 0.2) is 41.0 Å². The van der Waals surface area contributed by atoms with Crippen LogP contribution in [-0.2, 0) is 6.54 Å². The van der Waals surface area contributed by atoms with Crippen LogP contribution in [0.3, 0.4) is 0 Å². The second kappa shape index (κ2) is 6.86. The lowest BCUT2D eigenvalue weighted by molar-refractivity contribution is 0.461. The normalized spacial score (nSPS) is 10.8. The monoisotopic (exact) mass is 334 g/mol. The highest BCUT2D eigenvalue weighted by Gasteiger charge is 2.02. The summed E-state index contributed by atoms with van der Waals surface area (Å²) in [6.07, 6.45) is 1.84. The number of pyridine rings is 1. The van der Waals surface area contributed by atoms with Gasteiger partial charge < -0.3 is 10.1 Å². The molecule has 0 saturated carbocycles. The highest BCUT2D eigenvalue weighted by molar-refractivity contribution is 9.10. The summed E-state index contributed by atoms with van der Waals surface area (Å²) in [6, 6.07) is 10.3. The smallest absolute Gasteiger partial charge is 0.219 e. The fraction of sp³-hybridized carbons (Fsp3) is 0.312. The number of rotatable bonds is 5. The van der Waals surface area contributed by atoms with Gasteiger partial charge in [0, 0.05) is 29.3 Å². The number of ether oxygens (including phenoxy) is 1. The Kier molecular flexibility index (Phi) is 5.15. The van der Waals surface area contributed by atoms with E-state index < -0.39 is 0 Å². The number of halogens is 1. The zero-order valence-corrected chi connectivity index (χ0v) is 13.6. The first-order chi connectivity index (χ1) is 9.54. The SMILES string of the molecule is Cc1cc(Oc2ccc(CNC(C)C)cn2)ccc1Br. The molecule has 0 saturated heterocycles. The Morgan fingerprint density at radius 1 is 1.25 bits per heavy atom. The number of nitrogens with zero attached hydrogens (tertiary/aromatic N) is 1. The van der Waals surface area contributed by atoms with Crippen molar-refractivity contribution in [3.8, 4) is 11.6 Å². The zero-order chi connectivity index (χ0) is 14.5. The molecular weight excluding hydrogens is 316 g/mol. The van der Waals surface area contributed by atoms with Crippen molar-refractivity contribution in [1.82, 2.24) is 10.3 Å². The van der Waals surface area contributed by atoms with E-state index in [4.69, 9.17) is 4.74 Å². The van der Waals surface area contributed by atoms with Gasteiger partial charge in [0.1, 0.15) is 5.75 Å². The summed E-state index contributed by atoms with van der Waals surface area (Å²) in [5, 5.41) is 3.36. The van der Waals surface area contributed by atoms with Gasteiger partial charge in [0.2, 0.25) is 5.88 Å². The van der Waals surface area contributed by atoms with Crippen molar-refractivity contribution >= 4 is 15.9 Å². The summed E-state index contributed by atoms with van der Waals surface area (Å²) in [6.45, 7) is 7.11. The van der Waals surface area contributed by atoms with Gasteiger partial charge in [-0.1, -0.05) is 35.8 Å². The molecule has 4 heteroatoms. The van der Waals surface area contributed by atoms with Crippen molar-refractivity contribution < 1.29 is 4.74 Å². The van der Waals surface area contributed by atoms with Crippen LogP contribution < -0.4 is 10.1 Å². The van der Waals surface area contributed by atoms with Crippen LogP contribution in [0.2, 0.25) is 0 Å². The minimum Gasteiger partial charge on any atom is -0.439 e. The molecule has 0 fully saturated rings. The number of hydrogen-bond acceptors (Lipinski definition) is 3. The highest BCUT2D eigenvalue weighted by atomic mass is 79.9. The Labute approximate surface area is 128 Å². The zero-order valence-electron chi connectivity index (χ0n) is 12.0. The Balaban J connectivity index is 2.01. The average molecular weight is 335 g/mol. The third-order valence-corrected chi connectivity index (χ3v) is 3.75. The van der Waals surface area contributed by atoms with E-state index in [0.717, 1.165) is 27.9 Å². The van der Waals surface area contributed by atoms with Crippen molar-refractivity contribution in [2.75, 3.05) is 0 Å². The molecule has 0 radical (unpaired) electrons. The molecule has 20 heavy (non-hydrogen) atoms. The maximum Gasteiger partial charge on any atom is 0.219 e. The van der Waals surface area contributed by atoms with Gasteiger partial charge in [0.05, 0.1) is 0 Å². The molecule has 0 spiro atoms. The Bertz CT molecular complexity index is 567. The first-order valence-electron chi connectivity index (χ1n) is 6.67. The van der Waals surface area contributed by atoms with Crippen molar-refractivity contribution in [1.29, 1.82) is 0 Å². The van der Waals surface area contributed by atoms with Crippen molar-refractivity contribution in [3.63, 3.8) is 0 Å². The molecule has 0 atom stereocenters. The standard InChI is InChI=1S/C16H19BrN2O/c1-11(2)18-9-13-4-7-16(19-10-13)20-14-5-6-15(17)12(3)8-14/h4-8,10-11,18H,9H2,1-3H3. The molecule has 0 unspecified atom stereocenters. The van der Waals surface area contributed by atoms with Gasteiger partial charge in [0.15, 0.2) is 0 Å². The summed E-state index contributed by atoms with van der Waals surface area (Å²) < 4.78 is 6.82. The van der Waals surface area contributed by atoms with Gasteiger partial charge in [-0.15, -0.1) is 0 Å². The number of benzene rings is 1. The Hall–Kier alpha value is -1.39.